The molecule has 0 spiro atoms. The molecule has 0 bridgehead atoms. The minimum Gasteiger partial charge on any atom is -0.493 e. The van der Waals surface area contributed by atoms with Crippen molar-refractivity contribution in [1.29, 1.82) is 0 Å². The topological polar surface area (TPSA) is 35.5 Å². The molecule has 1 aromatic carbocycles. The van der Waals surface area contributed by atoms with Gasteiger partial charge in [0, 0.05) is 16.7 Å². The molecule has 1 atom stereocenters. The largest absolute Gasteiger partial charge is 0.493 e. The fraction of sp³-hybridized carbons (Fsp3) is 0.400. The van der Waals surface area contributed by atoms with Gasteiger partial charge in [-0.2, -0.15) is 0 Å². The summed E-state index contributed by atoms with van der Waals surface area (Å²) in [5, 5.41) is 1.02. The molecule has 2 aromatic rings. The summed E-state index contributed by atoms with van der Waals surface area (Å²) in [4.78, 5) is 13.0. The highest BCUT2D eigenvalue weighted by atomic mass is 32.1. The summed E-state index contributed by atoms with van der Waals surface area (Å²) < 4.78 is 11.6. The zero-order chi connectivity index (χ0) is 14.0. The highest BCUT2D eigenvalue weighted by Crippen LogP contribution is 2.37. The van der Waals surface area contributed by atoms with Crippen molar-refractivity contribution in [3.63, 3.8) is 0 Å². The maximum atomic E-state index is 12.2. The Morgan fingerprint density at radius 3 is 2.42 bits per heavy atom. The van der Waals surface area contributed by atoms with E-state index in [0.717, 1.165) is 21.4 Å². The van der Waals surface area contributed by atoms with E-state index >= 15 is 0 Å². The van der Waals surface area contributed by atoms with Crippen molar-refractivity contribution in [3.8, 4) is 11.5 Å². The second-order valence-corrected chi connectivity index (χ2v) is 5.61. The summed E-state index contributed by atoms with van der Waals surface area (Å²) in [7, 11) is 3.23. The molecular weight excluding hydrogens is 260 g/mol. The van der Waals surface area contributed by atoms with Crippen molar-refractivity contribution in [2.75, 3.05) is 14.2 Å². The van der Waals surface area contributed by atoms with Gasteiger partial charge in [0.1, 0.15) is 0 Å². The lowest BCUT2D eigenvalue weighted by Crippen LogP contribution is -2.07. The zero-order valence-electron chi connectivity index (χ0n) is 11.6. The maximum Gasteiger partial charge on any atom is 0.175 e. The van der Waals surface area contributed by atoms with E-state index in [1.165, 1.54) is 11.3 Å². The van der Waals surface area contributed by atoms with Crippen LogP contribution in [-0.2, 0) is 0 Å². The number of rotatable bonds is 5. The number of ketones is 1. The minimum atomic E-state index is 0.0665. The Morgan fingerprint density at radius 1 is 1.21 bits per heavy atom. The van der Waals surface area contributed by atoms with Crippen molar-refractivity contribution in [1.82, 2.24) is 0 Å². The van der Waals surface area contributed by atoms with Gasteiger partial charge in [0.05, 0.1) is 19.1 Å². The molecule has 102 valence electrons. The minimum absolute atomic E-state index is 0.0665. The molecule has 4 heteroatoms. The van der Waals surface area contributed by atoms with Gasteiger partial charge in [0.15, 0.2) is 17.3 Å². The third-order valence-electron chi connectivity index (χ3n) is 3.33. The number of benzene rings is 1. The van der Waals surface area contributed by atoms with Crippen molar-refractivity contribution in [2.45, 2.75) is 20.3 Å². The molecule has 19 heavy (non-hydrogen) atoms. The van der Waals surface area contributed by atoms with E-state index in [0.29, 0.717) is 11.5 Å². The number of ether oxygens (including phenoxy) is 2. The molecule has 0 saturated heterocycles. The van der Waals surface area contributed by atoms with Crippen LogP contribution >= 0.6 is 11.3 Å². The van der Waals surface area contributed by atoms with Crippen LogP contribution in [0.5, 0.6) is 11.5 Å². The van der Waals surface area contributed by atoms with Crippen molar-refractivity contribution < 1.29 is 14.3 Å². The smallest absolute Gasteiger partial charge is 0.175 e. The van der Waals surface area contributed by atoms with E-state index < -0.39 is 0 Å². The number of Topliss-reactive ketones (excluding diaryl/α,β-unsaturated/α-hetero) is 1. The number of hydrogen-bond donors (Lipinski definition) is 0. The number of methoxy groups -OCH3 is 2. The Bertz CT molecular complexity index is 560. The first-order chi connectivity index (χ1) is 9.10. The second-order valence-electron chi connectivity index (χ2n) is 4.53. The highest BCUT2D eigenvalue weighted by Gasteiger charge is 2.17. The highest BCUT2D eigenvalue weighted by molar-refractivity contribution is 7.20. The van der Waals surface area contributed by atoms with Crippen LogP contribution in [0.1, 0.15) is 29.9 Å². The third kappa shape index (κ3) is 2.59. The van der Waals surface area contributed by atoms with Crippen LogP contribution in [0.25, 0.3) is 10.1 Å². The number of fused-ring (bicyclic) bond motifs is 1. The quantitative estimate of drug-likeness (QED) is 0.771. The number of carbonyl (C=O) groups excluding carboxylic acids is 1. The molecule has 0 saturated carbocycles. The average molecular weight is 278 g/mol. The Morgan fingerprint density at radius 2 is 1.84 bits per heavy atom. The summed E-state index contributed by atoms with van der Waals surface area (Å²) in [6.45, 7) is 4.00. The lowest BCUT2D eigenvalue weighted by molar-refractivity contribution is 0.0931. The van der Waals surface area contributed by atoms with Crippen LogP contribution in [0, 0.1) is 5.92 Å². The SMILES string of the molecule is CCC(C)C(=O)c1cc2cc(OC)c(OC)cc2s1. The van der Waals surface area contributed by atoms with E-state index in [1.807, 2.05) is 32.0 Å². The van der Waals surface area contributed by atoms with Gasteiger partial charge in [-0.1, -0.05) is 13.8 Å². The first-order valence-electron chi connectivity index (χ1n) is 6.30. The van der Waals surface area contributed by atoms with E-state index in [4.69, 9.17) is 9.47 Å². The van der Waals surface area contributed by atoms with Crippen LogP contribution in [0.15, 0.2) is 18.2 Å². The van der Waals surface area contributed by atoms with Gasteiger partial charge in [-0.05, 0) is 23.9 Å². The number of carbonyl (C=O) groups is 1. The third-order valence-corrected chi connectivity index (χ3v) is 4.44. The van der Waals surface area contributed by atoms with Crippen LogP contribution in [0.3, 0.4) is 0 Å². The van der Waals surface area contributed by atoms with Crippen molar-refractivity contribution in [3.05, 3.63) is 23.1 Å². The van der Waals surface area contributed by atoms with Crippen LogP contribution in [0.4, 0.5) is 0 Å². The fourth-order valence-corrected chi connectivity index (χ4v) is 3.04. The van der Waals surface area contributed by atoms with E-state index in [9.17, 15) is 4.79 Å². The van der Waals surface area contributed by atoms with E-state index in [2.05, 4.69) is 0 Å². The molecule has 0 fully saturated rings. The fourth-order valence-electron chi connectivity index (χ4n) is 1.92. The van der Waals surface area contributed by atoms with Gasteiger partial charge in [-0.15, -0.1) is 11.3 Å². The monoisotopic (exact) mass is 278 g/mol. The molecule has 2 rings (SSSR count). The molecule has 0 radical (unpaired) electrons. The number of hydrogen-bond acceptors (Lipinski definition) is 4. The van der Waals surface area contributed by atoms with Gasteiger partial charge >= 0.3 is 0 Å². The Hall–Kier alpha value is -1.55. The molecule has 3 nitrogen and oxygen atoms in total. The van der Waals surface area contributed by atoms with Crippen molar-refractivity contribution >= 4 is 27.2 Å². The lowest BCUT2D eigenvalue weighted by Gasteiger charge is -2.06. The van der Waals surface area contributed by atoms with Gasteiger partial charge in [-0.25, -0.2) is 0 Å². The van der Waals surface area contributed by atoms with Crippen LogP contribution < -0.4 is 9.47 Å². The summed E-state index contributed by atoms with van der Waals surface area (Å²) in [5.74, 6) is 1.66. The summed E-state index contributed by atoms with van der Waals surface area (Å²) >= 11 is 1.51. The predicted molar refractivity (Wildman–Crippen MR) is 78.7 cm³/mol. The Balaban J connectivity index is 2.48. The van der Waals surface area contributed by atoms with Gasteiger partial charge in [0.25, 0.3) is 0 Å². The van der Waals surface area contributed by atoms with Gasteiger partial charge < -0.3 is 9.47 Å². The summed E-state index contributed by atoms with van der Waals surface area (Å²) in [6, 6.07) is 5.78. The molecule has 1 heterocycles. The molecule has 0 aliphatic heterocycles. The molecule has 1 aromatic heterocycles. The molecular formula is C15H18O3S. The number of thiophene rings is 1. The van der Waals surface area contributed by atoms with Gasteiger partial charge in [-0.3, -0.25) is 4.79 Å². The first-order valence-corrected chi connectivity index (χ1v) is 7.12. The second kappa shape index (κ2) is 5.61. The molecule has 0 amide bonds. The summed E-state index contributed by atoms with van der Waals surface area (Å²) in [5.41, 5.74) is 0. The normalized spacial score (nSPS) is 12.4. The first kappa shape index (κ1) is 13.9. The standard InChI is InChI=1S/C15H18O3S/c1-5-9(2)15(16)14-7-10-6-11(17-3)12(18-4)8-13(10)19-14/h6-9H,5H2,1-4H3. The van der Waals surface area contributed by atoms with Crippen molar-refractivity contribution in [2.24, 2.45) is 5.92 Å². The predicted octanol–water partition coefficient (Wildman–Crippen LogP) is 4.15. The Kier molecular flexibility index (Phi) is 4.10. The van der Waals surface area contributed by atoms with E-state index in [1.54, 1.807) is 14.2 Å². The molecule has 1 unspecified atom stereocenters. The molecule has 0 aliphatic rings. The molecule has 0 aliphatic carbocycles. The average Bonchev–Trinajstić information content (AvgIpc) is 2.86. The molecule has 0 N–H and O–H groups in total. The van der Waals surface area contributed by atoms with Crippen LogP contribution in [0.2, 0.25) is 0 Å². The maximum absolute atomic E-state index is 12.2. The zero-order valence-corrected chi connectivity index (χ0v) is 12.5. The van der Waals surface area contributed by atoms with E-state index in [-0.39, 0.29) is 11.7 Å². The lowest BCUT2D eigenvalue weighted by atomic mass is 10.0. The van der Waals surface area contributed by atoms with Gasteiger partial charge in [0.2, 0.25) is 0 Å². The Labute approximate surface area is 117 Å². The van der Waals surface area contributed by atoms with Crippen LogP contribution in [-0.4, -0.2) is 20.0 Å². The summed E-state index contributed by atoms with van der Waals surface area (Å²) in [6.07, 6.45) is 0.861.